The lowest BCUT2D eigenvalue weighted by molar-refractivity contribution is -0.169. The van der Waals surface area contributed by atoms with Gasteiger partial charge in [-0.3, -0.25) is 4.79 Å². The first kappa shape index (κ1) is 13.6. The molecular weight excluding hydrogens is 250 g/mol. The highest BCUT2D eigenvalue weighted by Gasteiger charge is 2.53. The van der Waals surface area contributed by atoms with Gasteiger partial charge in [-0.15, -0.1) is 0 Å². The van der Waals surface area contributed by atoms with E-state index in [0.717, 1.165) is 25.8 Å². The number of carbonyl (C=O) groups excluding carboxylic acids is 1. The molecule has 1 fully saturated rings. The van der Waals surface area contributed by atoms with Crippen molar-refractivity contribution in [3.8, 4) is 0 Å². The second-order valence-corrected chi connectivity index (χ2v) is 6.99. The zero-order valence-corrected chi connectivity index (χ0v) is 12.5. The highest BCUT2D eigenvalue weighted by atomic mass is 16.6. The smallest absolute Gasteiger partial charge is 0.314 e. The summed E-state index contributed by atoms with van der Waals surface area (Å²) < 4.78 is 5.72. The predicted molar refractivity (Wildman–Crippen MR) is 78.4 cm³/mol. The van der Waals surface area contributed by atoms with Gasteiger partial charge >= 0.3 is 5.97 Å². The monoisotopic (exact) mass is 273 g/mol. The lowest BCUT2D eigenvalue weighted by Gasteiger charge is -2.39. The van der Waals surface area contributed by atoms with Crippen molar-refractivity contribution < 1.29 is 9.53 Å². The zero-order chi connectivity index (χ0) is 14.4. The number of benzene rings is 1. The summed E-state index contributed by atoms with van der Waals surface area (Å²) in [6.45, 7) is 6.71. The van der Waals surface area contributed by atoms with Gasteiger partial charge in [0.15, 0.2) is 0 Å². The summed E-state index contributed by atoms with van der Waals surface area (Å²) >= 11 is 0. The van der Waals surface area contributed by atoms with Crippen LogP contribution in [0, 0.1) is 5.41 Å². The summed E-state index contributed by atoms with van der Waals surface area (Å²) in [7, 11) is 0. The molecule has 20 heavy (non-hydrogen) atoms. The van der Waals surface area contributed by atoms with Crippen molar-refractivity contribution in [2.24, 2.45) is 5.41 Å². The third kappa shape index (κ3) is 2.14. The van der Waals surface area contributed by atoms with E-state index >= 15 is 0 Å². The molecule has 0 saturated carbocycles. The van der Waals surface area contributed by atoms with Gasteiger partial charge in [0.25, 0.3) is 0 Å². The van der Waals surface area contributed by atoms with Crippen LogP contribution >= 0.6 is 0 Å². The van der Waals surface area contributed by atoms with Crippen molar-refractivity contribution in [3.05, 3.63) is 35.4 Å². The Hall–Kier alpha value is -1.35. The molecule has 0 bridgehead atoms. The molecule has 2 aliphatic rings. The fraction of sp³-hybridized carbons (Fsp3) is 0.588. The summed E-state index contributed by atoms with van der Waals surface area (Å²) in [4.78, 5) is 12.8. The van der Waals surface area contributed by atoms with E-state index in [9.17, 15) is 4.79 Å². The molecule has 0 amide bonds. The molecule has 1 aromatic rings. The van der Waals surface area contributed by atoms with Crippen LogP contribution in [0.2, 0.25) is 0 Å². The van der Waals surface area contributed by atoms with Crippen LogP contribution in [0.5, 0.6) is 0 Å². The van der Waals surface area contributed by atoms with Crippen LogP contribution in [0.3, 0.4) is 0 Å². The summed E-state index contributed by atoms with van der Waals surface area (Å²) in [5.74, 6) is -0.0329. The first-order valence-corrected chi connectivity index (χ1v) is 7.47. The Kier molecular flexibility index (Phi) is 3.13. The van der Waals surface area contributed by atoms with E-state index < -0.39 is 5.60 Å². The average molecular weight is 273 g/mol. The maximum Gasteiger partial charge on any atom is 0.314 e. The third-order valence-corrected chi connectivity index (χ3v) is 4.48. The zero-order valence-electron chi connectivity index (χ0n) is 12.5. The quantitative estimate of drug-likeness (QED) is 0.799. The summed E-state index contributed by atoms with van der Waals surface area (Å²) in [6, 6.07) is 8.57. The number of nitrogens with one attached hydrogen (secondary N) is 1. The Morgan fingerprint density at radius 2 is 2.05 bits per heavy atom. The highest BCUT2D eigenvalue weighted by molar-refractivity contribution is 5.80. The molecule has 1 N–H and O–H groups in total. The molecule has 1 heterocycles. The predicted octanol–water partition coefficient (Wildman–Crippen LogP) is 3.00. The first-order valence-electron chi connectivity index (χ1n) is 7.47. The second kappa shape index (κ2) is 4.59. The van der Waals surface area contributed by atoms with E-state index in [1.54, 1.807) is 0 Å². The van der Waals surface area contributed by atoms with E-state index in [1.807, 2.05) is 20.8 Å². The number of aryl methyl sites for hydroxylation is 1. The van der Waals surface area contributed by atoms with Gasteiger partial charge in [0.05, 0.1) is 5.41 Å². The minimum absolute atomic E-state index is 0.0329. The van der Waals surface area contributed by atoms with E-state index in [4.69, 9.17) is 4.74 Å². The number of esters is 1. The van der Waals surface area contributed by atoms with Crippen molar-refractivity contribution >= 4 is 5.97 Å². The second-order valence-electron chi connectivity index (χ2n) is 6.99. The molecule has 3 nitrogen and oxygen atoms in total. The molecule has 108 valence electrons. The molecule has 1 unspecified atom stereocenters. The van der Waals surface area contributed by atoms with Crippen molar-refractivity contribution in [2.45, 2.75) is 51.7 Å². The van der Waals surface area contributed by atoms with Crippen LogP contribution in [0.4, 0.5) is 0 Å². The Bertz CT molecular complexity index is 532. The largest absolute Gasteiger partial charge is 0.459 e. The molecule has 0 aromatic heterocycles. The normalized spacial score (nSPS) is 28.6. The molecule has 3 rings (SSSR count). The fourth-order valence-corrected chi connectivity index (χ4v) is 3.56. The van der Waals surface area contributed by atoms with Gasteiger partial charge in [0, 0.05) is 6.04 Å². The summed E-state index contributed by atoms with van der Waals surface area (Å²) in [5.41, 5.74) is 1.85. The number of ether oxygens (including phenoxy) is 1. The van der Waals surface area contributed by atoms with Crippen LogP contribution in [0.15, 0.2) is 24.3 Å². The summed E-state index contributed by atoms with van der Waals surface area (Å²) in [5, 5.41) is 3.52. The summed E-state index contributed by atoms with van der Waals surface area (Å²) in [6.07, 6.45) is 2.73. The van der Waals surface area contributed by atoms with Gasteiger partial charge in [0.2, 0.25) is 0 Å². The lowest BCUT2D eigenvalue weighted by atomic mass is 9.68. The number of rotatable bonds is 1. The molecule has 3 heteroatoms. The van der Waals surface area contributed by atoms with Crippen LogP contribution < -0.4 is 5.32 Å². The Balaban J connectivity index is 1.96. The lowest BCUT2D eigenvalue weighted by Crippen LogP contribution is -2.44. The van der Waals surface area contributed by atoms with Crippen molar-refractivity contribution in [1.82, 2.24) is 5.32 Å². The fourth-order valence-electron chi connectivity index (χ4n) is 3.56. The SMILES string of the molecule is CC(C)(C)OC(=O)[C@]12CCNC1c1ccccc1CC2. The van der Waals surface area contributed by atoms with E-state index in [-0.39, 0.29) is 17.4 Å². The van der Waals surface area contributed by atoms with Gasteiger partial charge in [-0.25, -0.2) is 0 Å². The van der Waals surface area contributed by atoms with E-state index in [2.05, 4.69) is 29.6 Å². The number of hydrogen-bond donors (Lipinski definition) is 1. The van der Waals surface area contributed by atoms with Gasteiger partial charge in [-0.1, -0.05) is 24.3 Å². The van der Waals surface area contributed by atoms with E-state index in [1.165, 1.54) is 11.1 Å². The molecule has 2 atom stereocenters. The van der Waals surface area contributed by atoms with Gasteiger partial charge < -0.3 is 10.1 Å². The Morgan fingerprint density at radius 3 is 2.80 bits per heavy atom. The Morgan fingerprint density at radius 1 is 1.30 bits per heavy atom. The highest BCUT2D eigenvalue weighted by Crippen LogP contribution is 2.50. The van der Waals surface area contributed by atoms with E-state index in [0.29, 0.717) is 0 Å². The van der Waals surface area contributed by atoms with Gasteiger partial charge in [0.1, 0.15) is 5.60 Å². The topological polar surface area (TPSA) is 38.3 Å². The third-order valence-electron chi connectivity index (χ3n) is 4.48. The molecular formula is C17H23NO2. The van der Waals surface area contributed by atoms with Crippen LogP contribution in [-0.4, -0.2) is 18.1 Å². The molecule has 1 aliphatic heterocycles. The van der Waals surface area contributed by atoms with Crippen LogP contribution in [0.25, 0.3) is 0 Å². The molecule has 1 aromatic carbocycles. The van der Waals surface area contributed by atoms with Crippen LogP contribution in [0.1, 0.15) is 50.8 Å². The van der Waals surface area contributed by atoms with Gasteiger partial charge in [-0.2, -0.15) is 0 Å². The minimum Gasteiger partial charge on any atom is -0.459 e. The van der Waals surface area contributed by atoms with Crippen molar-refractivity contribution in [2.75, 3.05) is 6.54 Å². The minimum atomic E-state index is -0.421. The maximum atomic E-state index is 12.8. The maximum absolute atomic E-state index is 12.8. The number of hydrogen-bond acceptors (Lipinski definition) is 3. The molecule has 0 radical (unpaired) electrons. The van der Waals surface area contributed by atoms with Crippen LogP contribution in [-0.2, 0) is 16.0 Å². The number of carbonyl (C=O) groups is 1. The molecule has 1 saturated heterocycles. The van der Waals surface area contributed by atoms with Gasteiger partial charge in [-0.05, 0) is 57.7 Å². The first-order chi connectivity index (χ1) is 9.42. The van der Waals surface area contributed by atoms with Crippen molar-refractivity contribution in [1.29, 1.82) is 0 Å². The Labute approximate surface area is 120 Å². The molecule has 1 aliphatic carbocycles. The van der Waals surface area contributed by atoms with Crippen molar-refractivity contribution in [3.63, 3.8) is 0 Å². The standard InChI is InChI=1S/C17H23NO2/c1-16(2,3)20-15(19)17-9-8-12-6-4-5-7-13(12)14(17)18-11-10-17/h4-7,14,18H,8-11H2,1-3H3/t14?,17-/m1/s1. The molecule has 0 spiro atoms. The number of fused-ring (bicyclic) bond motifs is 3. The average Bonchev–Trinajstić information content (AvgIpc) is 2.82.